The molecular weight excluding hydrogens is 194 g/mol. The van der Waals surface area contributed by atoms with Gasteiger partial charge in [0, 0.05) is 19.3 Å². The van der Waals surface area contributed by atoms with E-state index in [0.29, 0.717) is 11.8 Å². The smallest absolute Gasteiger partial charge is 0.0494 e. The molecule has 3 heteroatoms. The fourth-order valence-electron chi connectivity index (χ4n) is 2.14. The van der Waals surface area contributed by atoms with Crippen molar-refractivity contribution in [3.63, 3.8) is 0 Å². The van der Waals surface area contributed by atoms with Crippen molar-refractivity contribution in [3.05, 3.63) is 22.4 Å². The first-order valence-electron chi connectivity index (χ1n) is 5.14. The van der Waals surface area contributed by atoms with Gasteiger partial charge in [0.15, 0.2) is 0 Å². The quantitative estimate of drug-likeness (QED) is 0.815. The van der Waals surface area contributed by atoms with E-state index in [1.807, 2.05) is 0 Å². The van der Waals surface area contributed by atoms with E-state index in [-0.39, 0.29) is 6.04 Å². The van der Waals surface area contributed by atoms with Crippen LogP contribution in [0.3, 0.4) is 0 Å². The zero-order chi connectivity index (χ0) is 9.97. The standard InChI is InChI=1S/C11H17NOS/c1-8-6-13-4-2-10(8)11(12)9-3-5-14-7-9/h3,5,7-8,10-11H,2,4,6,12H2,1H3. The Morgan fingerprint density at radius 3 is 3.14 bits per heavy atom. The van der Waals surface area contributed by atoms with Crippen molar-refractivity contribution in [1.29, 1.82) is 0 Å². The predicted molar refractivity (Wildman–Crippen MR) is 59.3 cm³/mol. The van der Waals surface area contributed by atoms with E-state index in [1.54, 1.807) is 11.3 Å². The summed E-state index contributed by atoms with van der Waals surface area (Å²) in [6.45, 7) is 3.96. The van der Waals surface area contributed by atoms with Crippen LogP contribution < -0.4 is 5.73 Å². The third-order valence-corrected chi connectivity index (χ3v) is 3.80. The summed E-state index contributed by atoms with van der Waals surface area (Å²) < 4.78 is 5.43. The summed E-state index contributed by atoms with van der Waals surface area (Å²) in [6, 6.07) is 2.33. The third kappa shape index (κ3) is 2.00. The lowest BCUT2D eigenvalue weighted by Crippen LogP contribution is -2.33. The Kier molecular flexibility index (Phi) is 3.21. The number of thiophene rings is 1. The number of hydrogen-bond donors (Lipinski definition) is 1. The van der Waals surface area contributed by atoms with E-state index < -0.39 is 0 Å². The van der Waals surface area contributed by atoms with E-state index in [0.717, 1.165) is 19.6 Å². The molecule has 0 aromatic carbocycles. The Balaban J connectivity index is 2.06. The number of nitrogens with two attached hydrogens (primary N) is 1. The van der Waals surface area contributed by atoms with E-state index >= 15 is 0 Å². The van der Waals surface area contributed by atoms with Crippen molar-refractivity contribution in [2.24, 2.45) is 17.6 Å². The van der Waals surface area contributed by atoms with Gasteiger partial charge in [0.25, 0.3) is 0 Å². The summed E-state index contributed by atoms with van der Waals surface area (Å²) >= 11 is 1.72. The lowest BCUT2D eigenvalue weighted by molar-refractivity contribution is 0.0155. The topological polar surface area (TPSA) is 35.2 Å². The molecule has 1 aromatic heterocycles. The molecular formula is C11H17NOS. The van der Waals surface area contributed by atoms with Crippen LogP contribution in [0.1, 0.15) is 24.9 Å². The molecule has 0 bridgehead atoms. The molecule has 1 saturated heterocycles. The van der Waals surface area contributed by atoms with Crippen LogP contribution >= 0.6 is 11.3 Å². The summed E-state index contributed by atoms with van der Waals surface area (Å²) in [7, 11) is 0. The maximum absolute atomic E-state index is 6.26. The van der Waals surface area contributed by atoms with Crippen LogP contribution in [0.15, 0.2) is 16.8 Å². The minimum atomic E-state index is 0.195. The van der Waals surface area contributed by atoms with Gasteiger partial charge in [-0.2, -0.15) is 11.3 Å². The molecule has 3 unspecified atom stereocenters. The van der Waals surface area contributed by atoms with Crippen LogP contribution in [-0.2, 0) is 4.74 Å². The fourth-order valence-corrected chi connectivity index (χ4v) is 2.85. The summed E-state index contributed by atoms with van der Waals surface area (Å²) in [5.74, 6) is 1.16. The minimum Gasteiger partial charge on any atom is -0.381 e. The first-order valence-corrected chi connectivity index (χ1v) is 6.08. The van der Waals surface area contributed by atoms with Crippen molar-refractivity contribution in [3.8, 4) is 0 Å². The molecule has 3 atom stereocenters. The van der Waals surface area contributed by atoms with Gasteiger partial charge in [-0.3, -0.25) is 0 Å². The SMILES string of the molecule is CC1COCCC1C(N)c1ccsc1. The minimum absolute atomic E-state index is 0.195. The molecule has 1 fully saturated rings. The highest BCUT2D eigenvalue weighted by Crippen LogP contribution is 2.32. The van der Waals surface area contributed by atoms with E-state index in [1.165, 1.54) is 5.56 Å². The molecule has 0 amide bonds. The second-order valence-electron chi connectivity index (χ2n) is 4.09. The molecule has 2 heterocycles. The van der Waals surface area contributed by atoms with E-state index in [2.05, 4.69) is 23.8 Å². The molecule has 0 radical (unpaired) electrons. The zero-order valence-electron chi connectivity index (χ0n) is 8.48. The highest BCUT2D eigenvalue weighted by Gasteiger charge is 2.28. The molecule has 2 N–H and O–H groups in total. The largest absolute Gasteiger partial charge is 0.381 e. The van der Waals surface area contributed by atoms with Crippen LogP contribution in [0, 0.1) is 11.8 Å². The average Bonchev–Trinajstić information content (AvgIpc) is 2.70. The number of rotatable bonds is 2. The van der Waals surface area contributed by atoms with Gasteiger partial charge >= 0.3 is 0 Å². The second-order valence-corrected chi connectivity index (χ2v) is 4.87. The van der Waals surface area contributed by atoms with Crippen molar-refractivity contribution in [2.45, 2.75) is 19.4 Å². The number of hydrogen-bond acceptors (Lipinski definition) is 3. The molecule has 0 spiro atoms. The molecule has 1 aliphatic heterocycles. The Hall–Kier alpha value is -0.380. The molecule has 1 aliphatic rings. The van der Waals surface area contributed by atoms with Gasteiger partial charge in [0.05, 0.1) is 0 Å². The monoisotopic (exact) mass is 211 g/mol. The van der Waals surface area contributed by atoms with E-state index in [9.17, 15) is 0 Å². The van der Waals surface area contributed by atoms with Gasteiger partial charge in [0.1, 0.15) is 0 Å². The van der Waals surface area contributed by atoms with E-state index in [4.69, 9.17) is 10.5 Å². The maximum Gasteiger partial charge on any atom is 0.0494 e. The molecule has 14 heavy (non-hydrogen) atoms. The highest BCUT2D eigenvalue weighted by atomic mass is 32.1. The summed E-state index contributed by atoms with van der Waals surface area (Å²) in [4.78, 5) is 0. The van der Waals surface area contributed by atoms with Gasteiger partial charge in [0.2, 0.25) is 0 Å². The second kappa shape index (κ2) is 4.43. The van der Waals surface area contributed by atoms with Crippen LogP contribution in [0.2, 0.25) is 0 Å². The van der Waals surface area contributed by atoms with Gasteiger partial charge in [-0.05, 0) is 40.6 Å². The molecule has 0 aliphatic carbocycles. The first kappa shape index (κ1) is 10.1. The fraction of sp³-hybridized carbons (Fsp3) is 0.636. The number of ether oxygens (including phenoxy) is 1. The van der Waals surface area contributed by atoms with Crippen molar-refractivity contribution >= 4 is 11.3 Å². The Morgan fingerprint density at radius 2 is 2.50 bits per heavy atom. The summed E-state index contributed by atoms with van der Waals surface area (Å²) in [5.41, 5.74) is 7.54. The first-order chi connectivity index (χ1) is 6.79. The Bertz CT molecular complexity index is 273. The average molecular weight is 211 g/mol. The van der Waals surface area contributed by atoms with Crippen molar-refractivity contribution in [2.75, 3.05) is 13.2 Å². The highest BCUT2D eigenvalue weighted by molar-refractivity contribution is 7.07. The molecule has 2 rings (SSSR count). The Morgan fingerprint density at radius 1 is 1.64 bits per heavy atom. The normalized spacial score (nSPS) is 30.1. The van der Waals surface area contributed by atoms with Crippen LogP contribution in [0.25, 0.3) is 0 Å². The molecule has 0 saturated carbocycles. The van der Waals surface area contributed by atoms with Crippen molar-refractivity contribution in [1.82, 2.24) is 0 Å². The molecule has 78 valence electrons. The van der Waals surface area contributed by atoms with Crippen LogP contribution in [0.4, 0.5) is 0 Å². The lowest BCUT2D eigenvalue weighted by Gasteiger charge is -2.33. The zero-order valence-corrected chi connectivity index (χ0v) is 9.30. The van der Waals surface area contributed by atoms with Crippen LogP contribution in [0.5, 0.6) is 0 Å². The van der Waals surface area contributed by atoms with Gasteiger partial charge in [-0.1, -0.05) is 6.92 Å². The Labute approximate surface area is 89.1 Å². The van der Waals surface area contributed by atoms with Crippen LogP contribution in [-0.4, -0.2) is 13.2 Å². The maximum atomic E-state index is 6.26. The van der Waals surface area contributed by atoms with Gasteiger partial charge < -0.3 is 10.5 Å². The summed E-state index contributed by atoms with van der Waals surface area (Å²) in [6.07, 6.45) is 1.10. The molecule has 2 nitrogen and oxygen atoms in total. The summed E-state index contributed by atoms with van der Waals surface area (Å²) in [5, 5.41) is 4.26. The lowest BCUT2D eigenvalue weighted by atomic mass is 9.82. The van der Waals surface area contributed by atoms with Gasteiger partial charge in [-0.25, -0.2) is 0 Å². The predicted octanol–water partition coefficient (Wildman–Crippen LogP) is 2.42. The van der Waals surface area contributed by atoms with Gasteiger partial charge in [-0.15, -0.1) is 0 Å². The molecule has 1 aromatic rings. The van der Waals surface area contributed by atoms with Crippen molar-refractivity contribution < 1.29 is 4.74 Å². The third-order valence-electron chi connectivity index (χ3n) is 3.10.